The van der Waals surface area contributed by atoms with Gasteiger partial charge in [0.2, 0.25) is 0 Å². The predicted molar refractivity (Wildman–Crippen MR) is 84.8 cm³/mol. The summed E-state index contributed by atoms with van der Waals surface area (Å²) in [5.41, 5.74) is 3.74. The van der Waals surface area contributed by atoms with Crippen LogP contribution in [0.2, 0.25) is 0 Å². The van der Waals surface area contributed by atoms with Gasteiger partial charge in [0.25, 0.3) is 0 Å². The predicted octanol–water partition coefficient (Wildman–Crippen LogP) is 3.62. The van der Waals surface area contributed by atoms with Crippen LogP contribution < -0.4 is 5.32 Å². The second kappa shape index (κ2) is 6.20. The minimum Gasteiger partial charge on any atom is -0.312 e. The molecule has 0 saturated carbocycles. The monoisotopic (exact) mass is 341 g/mol. The molecule has 2 rings (SSSR count). The summed E-state index contributed by atoms with van der Waals surface area (Å²) < 4.78 is 3.22. The molecule has 1 N–H and O–H groups in total. The molecular formula is C14H20BrN3S. The average molecular weight is 342 g/mol. The molecule has 1 unspecified atom stereocenters. The molecule has 19 heavy (non-hydrogen) atoms. The number of likely N-dealkylation sites (N-methyl/N-ethyl adjacent to an activating group) is 1. The Hall–Kier alpha value is -0.650. The van der Waals surface area contributed by atoms with Crippen LogP contribution in [0.25, 0.3) is 0 Å². The van der Waals surface area contributed by atoms with E-state index in [0.717, 1.165) is 18.5 Å². The first-order valence-corrected chi connectivity index (χ1v) is 8.11. The van der Waals surface area contributed by atoms with Crippen LogP contribution in [0.1, 0.15) is 34.8 Å². The Morgan fingerprint density at radius 3 is 2.68 bits per heavy atom. The number of halogens is 1. The van der Waals surface area contributed by atoms with Gasteiger partial charge in [-0.2, -0.15) is 5.10 Å². The third kappa shape index (κ3) is 3.27. The smallest absolute Gasteiger partial charge is 0.0731 e. The van der Waals surface area contributed by atoms with Gasteiger partial charge in [-0.3, -0.25) is 4.68 Å². The molecule has 0 spiro atoms. The Balaban J connectivity index is 2.21. The Kier molecular flexibility index (Phi) is 4.81. The fourth-order valence-electron chi connectivity index (χ4n) is 2.14. The highest BCUT2D eigenvalue weighted by Crippen LogP contribution is 2.32. The lowest BCUT2D eigenvalue weighted by Crippen LogP contribution is -2.19. The van der Waals surface area contributed by atoms with Crippen molar-refractivity contribution in [3.05, 3.63) is 37.7 Å². The molecule has 5 heteroatoms. The maximum Gasteiger partial charge on any atom is 0.0731 e. The van der Waals surface area contributed by atoms with Crippen LogP contribution in [0.3, 0.4) is 0 Å². The molecular weight excluding hydrogens is 322 g/mol. The number of aryl methyl sites for hydroxylation is 3. The third-order valence-electron chi connectivity index (χ3n) is 3.37. The molecule has 0 saturated heterocycles. The van der Waals surface area contributed by atoms with Crippen LogP contribution in [0, 0.1) is 6.92 Å². The summed E-state index contributed by atoms with van der Waals surface area (Å²) in [7, 11) is 4.04. The van der Waals surface area contributed by atoms with Gasteiger partial charge in [0.05, 0.1) is 9.48 Å². The largest absolute Gasteiger partial charge is 0.312 e. The molecule has 0 aliphatic rings. The van der Waals surface area contributed by atoms with E-state index in [-0.39, 0.29) is 0 Å². The van der Waals surface area contributed by atoms with Crippen LogP contribution >= 0.6 is 27.3 Å². The van der Waals surface area contributed by atoms with Crippen LogP contribution in [0.4, 0.5) is 0 Å². The Morgan fingerprint density at radius 2 is 2.21 bits per heavy atom. The first kappa shape index (κ1) is 14.8. The van der Waals surface area contributed by atoms with E-state index in [1.807, 2.05) is 30.1 Å². The summed E-state index contributed by atoms with van der Waals surface area (Å²) in [6.45, 7) is 4.28. The molecule has 3 nitrogen and oxygen atoms in total. The number of rotatable bonds is 5. The first-order chi connectivity index (χ1) is 9.05. The lowest BCUT2D eigenvalue weighted by molar-refractivity contribution is 0.568. The van der Waals surface area contributed by atoms with Gasteiger partial charge in [0.1, 0.15) is 0 Å². The molecule has 0 aromatic carbocycles. The summed E-state index contributed by atoms with van der Waals surface area (Å²) in [5.74, 6) is 0. The fraction of sp³-hybridized carbons (Fsp3) is 0.500. The fourth-order valence-corrected chi connectivity index (χ4v) is 3.83. The summed E-state index contributed by atoms with van der Waals surface area (Å²) >= 11 is 5.41. The Labute approximate surface area is 127 Å². The highest BCUT2D eigenvalue weighted by molar-refractivity contribution is 9.11. The number of nitrogens with one attached hydrogen (secondary N) is 1. The average Bonchev–Trinajstić information content (AvgIpc) is 2.90. The van der Waals surface area contributed by atoms with E-state index in [4.69, 9.17) is 0 Å². The van der Waals surface area contributed by atoms with Gasteiger partial charge in [-0.1, -0.05) is 6.92 Å². The van der Waals surface area contributed by atoms with Crippen LogP contribution in [-0.2, 0) is 19.9 Å². The minimum atomic E-state index is 0.343. The lowest BCUT2D eigenvalue weighted by atomic mass is 10.1. The van der Waals surface area contributed by atoms with E-state index >= 15 is 0 Å². The van der Waals surface area contributed by atoms with E-state index in [9.17, 15) is 0 Å². The van der Waals surface area contributed by atoms with E-state index in [1.165, 1.54) is 19.9 Å². The quantitative estimate of drug-likeness (QED) is 0.899. The molecule has 0 radical (unpaired) electrons. The number of hydrogen-bond acceptors (Lipinski definition) is 3. The SMILES string of the molecule is CCc1cc(CC(NC)c2cc(C)c(Br)s2)n(C)n1. The van der Waals surface area contributed by atoms with Crippen molar-refractivity contribution in [2.45, 2.75) is 32.7 Å². The minimum absolute atomic E-state index is 0.343. The summed E-state index contributed by atoms with van der Waals surface area (Å²) in [5, 5.41) is 7.93. The number of hydrogen-bond donors (Lipinski definition) is 1. The van der Waals surface area contributed by atoms with Crippen LogP contribution in [0.15, 0.2) is 15.9 Å². The molecule has 2 aromatic heterocycles. The van der Waals surface area contributed by atoms with Crippen molar-refractivity contribution in [2.75, 3.05) is 7.05 Å². The van der Waals surface area contributed by atoms with Gasteiger partial charge in [-0.05, 0) is 54.0 Å². The molecule has 1 atom stereocenters. The normalized spacial score (nSPS) is 12.9. The first-order valence-electron chi connectivity index (χ1n) is 6.50. The maximum atomic E-state index is 4.52. The second-order valence-corrected chi connectivity index (χ2v) is 7.16. The van der Waals surface area contributed by atoms with Crippen molar-refractivity contribution in [1.29, 1.82) is 0 Å². The van der Waals surface area contributed by atoms with E-state index < -0.39 is 0 Å². The summed E-state index contributed by atoms with van der Waals surface area (Å²) in [4.78, 5) is 1.37. The number of aromatic nitrogens is 2. The van der Waals surface area contributed by atoms with Gasteiger partial charge < -0.3 is 5.32 Å². The van der Waals surface area contributed by atoms with Gasteiger partial charge in [-0.25, -0.2) is 0 Å². The standard InChI is InChI=1S/C14H20BrN3S/c1-5-10-7-11(18(4)17-10)8-12(16-3)13-6-9(2)14(15)19-13/h6-7,12,16H,5,8H2,1-4H3. The van der Waals surface area contributed by atoms with Crippen molar-refractivity contribution in [3.63, 3.8) is 0 Å². The van der Waals surface area contributed by atoms with Gasteiger partial charge >= 0.3 is 0 Å². The zero-order chi connectivity index (χ0) is 14.0. The van der Waals surface area contributed by atoms with Crippen LogP contribution in [-0.4, -0.2) is 16.8 Å². The highest BCUT2D eigenvalue weighted by atomic mass is 79.9. The molecule has 0 bridgehead atoms. The summed E-state index contributed by atoms with van der Waals surface area (Å²) in [6, 6.07) is 4.81. The van der Waals surface area contributed by atoms with E-state index in [1.54, 1.807) is 0 Å². The molecule has 0 aliphatic heterocycles. The van der Waals surface area contributed by atoms with E-state index in [0.29, 0.717) is 6.04 Å². The molecule has 0 aliphatic carbocycles. The topological polar surface area (TPSA) is 29.9 Å². The van der Waals surface area contributed by atoms with Gasteiger partial charge in [0, 0.05) is 30.1 Å². The molecule has 2 aromatic rings. The van der Waals surface area contributed by atoms with Crippen molar-refractivity contribution < 1.29 is 0 Å². The van der Waals surface area contributed by atoms with Crippen molar-refractivity contribution in [2.24, 2.45) is 7.05 Å². The van der Waals surface area contributed by atoms with Gasteiger partial charge in [-0.15, -0.1) is 11.3 Å². The highest BCUT2D eigenvalue weighted by Gasteiger charge is 2.16. The molecule has 104 valence electrons. The third-order valence-corrected chi connectivity index (χ3v) is 5.62. The zero-order valence-electron chi connectivity index (χ0n) is 11.8. The number of thiophene rings is 1. The molecule has 0 fully saturated rings. The molecule has 0 amide bonds. The molecule has 2 heterocycles. The van der Waals surface area contributed by atoms with E-state index in [2.05, 4.69) is 52.3 Å². The van der Waals surface area contributed by atoms with Crippen molar-refractivity contribution in [1.82, 2.24) is 15.1 Å². The van der Waals surface area contributed by atoms with Crippen molar-refractivity contribution in [3.8, 4) is 0 Å². The second-order valence-electron chi connectivity index (χ2n) is 4.76. The van der Waals surface area contributed by atoms with Crippen LogP contribution in [0.5, 0.6) is 0 Å². The summed E-state index contributed by atoms with van der Waals surface area (Å²) in [6.07, 6.45) is 1.95. The Morgan fingerprint density at radius 1 is 1.47 bits per heavy atom. The lowest BCUT2D eigenvalue weighted by Gasteiger charge is -2.14. The Bertz CT molecular complexity index is 540. The number of nitrogens with zero attached hydrogens (tertiary/aromatic N) is 2. The maximum absolute atomic E-state index is 4.52. The zero-order valence-corrected chi connectivity index (χ0v) is 14.2. The van der Waals surface area contributed by atoms with Gasteiger partial charge in [0.15, 0.2) is 0 Å². The van der Waals surface area contributed by atoms with Crippen molar-refractivity contribution >= 4 is 27.3 Å².